The lowest BCUT2D eigenvalue weighted by atomic mass is 10.2. The van der Waals surface area contributed by atoms with Gasteiger partial charge in [-0.25, -0.2) is 9.97 Å². The van der Waals surface area contributed by atoms with Gasteiger partial charge in [0.25, 0.3) is 0 Å². The van der Waals surface area contributed by atoms with Gasteiger partial charge in [-0.2, -0.15) is 0 Å². The molecule has 0 fully saturated rings. The zero-order valence-corrected chi connectivity index (χ0v) is 12.3. The van der Waals surface area contributed by atoms with Crippen molar-refractivity contribution >= 4 is 28.8 Å². The molecule has 0 amide bonds. The fourth-order valence-electron chi connectivity index (χ4n) is 1.74. The molecule has 0 aliphatic rings. The second-order valence-electron chi connectivity index (χ2n) is 3.94. The summed E-state index contributed by atoms with van der Waals surface area (Å²) in [6.07, 6.45) is 0.814. The Morgan fingerprint density at radius 2 is 2.11 bits per heavy atom. The molecule has 0 saturated heterocycles. The molecule has 0 saturated carbocycles. The van der Waals surface area contributed by atoms with Gasteiger partial charge in [0.2, 0.25) is 0 Å². The number of aromatic nitrogens is 2. The van der Waals surface area contributed by atoms with Crippen molar-refractivity contribution in [3.63, 3.8) is 0 Å². The Labute approximate surface area is 116 Å². The highest BCUT2D eigenvalue weighted by Crippen LogP contribution is 2.35. The number of anilines is 1. The lowest BCUT2D eigenvalue weighted by Crippen LogP contribution is -2.07. The van der Waals surface area contributed by atoms with Crippen molar-refractivity contribution in [1.29, 1.82) is 0 Å². The molecule has 3 nitrogen and oxygen atoms in total. The molecule has 2 aromatic heterocycles. The molecule has 2 heterocycles. The van der Waals surface area contributed by atoms with Crippen LogP contribution >= 0.6 is 22.9 Å². The van der Waals surface area contributed by atoms with Gasteiger partial charge in [0.15, 0.2) is 0 Å². The average molecular weight is 282 g/mol. The van der Waals surface area contributed by atoms with Crippen LogP contribution in [-0.2, 0) is 6.42 Å². The number of rotatable bonds is 4. The summed E-state index contributed by atoms with van der Waals surface area (Å²) < 4.78 is 0. The molecule has 5 heteroatoms. The van der Waals surface area contributed by atoms with E-state index in [0.717, 1.165) is 45.8 Å². The highest BCUT2D eigenvalue weighted by molar-refractivity contribution is 7.14. The summed E-state index contributed by atoms with van der Waals surface area (Å²) in [5.41, 5.74) is 2.00. The van der Waals surface area contributed by atoms with Gasteiger partial charge < -0.3 is 5.32 Å². The first-order chi connectivity index (χ1) is 8.67. The van der Waals surface area contributed by atoms with E-state index < -0.39 is 0 Å². The van der Waals surface area contributed by atoms with Gasteiger partial charge >= 0.3 is 0 Å². The largest absolute Gasteiger partial charge is 0.370 e. The minimum absolute atomic E-state index is 0.756. The van der Waals surface area contributed by atoms with Gasteiger partial charge in [0, 0.05) is 18.5 Å². The summed E-state index contributed by atoms with van der Waals surface area (Å²) in [5, 5.41) is 6.02. The molecule has 0 atom stereocenters. The van der Waals surface area contributed by atoms with Crippen LogP contribution in [0.15, 0.2) is 11.4 Å². The first-order valence-corrected chi connectivity index (χ1v) is 7.27. The third-order valence-corrected chi connectivity index (χ3v) is 4.03. The van der Waals surface area contributed by atoms with Crippen molar-refractivity contribution < 1.29 is 0 Å². The second kappa shape index (κ2) is 5.67. The zero-order chi connectivity index (χ0) is 13.1. The van der Waals surface area contributed by atoms with Crippen molar-refractivity contribution in [2.75, 3.05) is 11.9 Å². The first-order valence-electron chi connectivity index (χ1n) is 6.02. The molecule has 0 spiro atoms. The van der Waals surface area contributed by atoms with E-state index in [-0.39, 0.29) is 0 Å². The Kier molecular flexibility index (Phi) is 4.19. The molecule has 0 unspecified atom stereocenters. The molecule has 96 valence electrons. The second-order valence-corrected chi connectivity index (χ2v) is 5.27. The number of halogens is 1. The molecule has 2 aromatic rings. The maximum absolute atomic E-state index is 6.20. The van der Waals surface area contributed by atoms with E-state index in [9.17, 15) is 0 Å². The van der Waals surface area contributed by atoms with Gasteiger partial charge in [0.1, 0.15) is 11.6 Å². The standard InChI is InChI=1S/C13H16ClN3S/c1-4-10-16-11(12-9(14)6-7-18-12)8(3)13(17-10)15-5-2/h6-7H,4-5H2,1-3H3,(H,15,16,17). The van der Waals surface area contributed by atoms with E-state index in [4.69, 9.17) is 11.6 Å². The van der Waals surface area contributed by atoms with Crippen molar-refractivity contribution in [2.24, 2.45) is 0 Å². The summed E-state index contributed by atoms with van der Waals surface area (Å²) in [7, 11) is 0. The molecule has 0 radical (unpaired) electrons. The van der Waals surface area contributed by atoms with Crippen LogP contribution in [0.3, 0.4) is 0 Å². The smallest absolute Gasteiger partial charge is 0.133 e. The molecule has 18 heavy (non-hydrogen) atoms. The third-order valence-electron chi connectivity index (χ3n) is 2.68. The van der Waals surface area contributed by atoms with Crippen LogP contribution in [-0.4, -0.2) is 16.5 Å². The monoisotopic (exact) mass is 281 g/mol. The lowest BCUT2D eigenvalue weighted by molar-refractivity contribution is 0.931. The quantitative estimate of drug-likeness (QED) is 0.914. The maximum Gasteiger partial charge on any atom is 0.133 e. The molecule has 0 aromatic carbocycles. The van der Waals surface area contributed by atoms with Gasteiger partial charge in [-0.15, -0.1) is 11.3 Å². The Morgan fingerprint density at radius 3 is 2.67 bits per heavy atom. The van der Waals surface area contributed by atoms with Crippen LogP contribution in [0.25, 0.3) is 10.6 Å². The highest BCUT2D eigenvalue weighted by atomic mass is 35.5. The minimum atomic E-state index is 0.756. The number of hydrogen-bond acceptors (Lipinski definition) is 4. The molecular formula is C13H16ClN3S. The summed E-state index contributed by atoms with van der Waals surface area (Å²) in [4.78, 5) is 10.2. The predicted octanol–water partition coefficient (Wildman–Crippen LogP) is 4.16. The Balaban J connectivity index is 2.59. The van der Waals surface area contributed by atoms with Crippen molar-refractivity contribution in [2.45, 2.75) is 27.2 Å². The fourth-order valence-corrected chi connectivity index (χ4v) is 2.94. The van der Waals surface area contributed by atoms with Crippen LogP contribution in [0, 0.1) is 6.92 Å². The van der Waals surface area contributed by atoms with Crippen LogP contribution in [0.1, 0.15) is 25.2 Å². The van der Waals surface area contributed by atoms with Crippen LogP contribution < -0.4 is 5.32 Å². The highest BCUT2D eigenvalue weighted by Gasteiger charge is 2.15. The SMILES string of the molecule is CCNc1nc(CC)nc(-c2sccc2Cl)c1C. The minimum Gasteiger partial charge on any atom is -0.370 e. The van der Waals surface area contributed by atoms with Crippen LogP contribution in [0.4, 0.5) is 5.82 Å². The number of nitrogens with one attached hydrogen (secondary N) is 1. The summed E-state index contributed by atoms with van der Waals surface area (Å²) in [6, 6.07) is 1.90. The molecule has 0 aliphatic carbocycles. The van der Waals surface area contributed by atoms with Crippen LogP contribution in [0.2, 0.25) is 5.02 Å². The van der Waals surface area contributed by atoms with Gasteiger partial charge in [-0.1, -0.05) is 18.5 Å². The Bertz CT molecular complexity index is 551. The zero-order valence-electron chi connectivity index (χ0n) is 10.7. The summed E-state index contributed by atoms with van der Waals surface area (Å²) >= 11 is 7.81. The predicted molar refractivity (Wildman–Crippen MR) is 78.6 cm³/mol. The summed E-state index contributed by atoms with van der Waals surface area (Å²) in [6.45, 7) is 6.99. The average Bonchev–Trinajstić information content (AvgIpc) is 2.78. The summed E-state index contributed by atoms with van der Waals surface area (Å²) in [5.74, 6) is 1.75. The van der Waals surface area contributed by atoms with E-state index in [1.165, 1.54) is 0 Å². The van der Waals surface area contributed by atoms with Crippen molar-refractivity contribution in [1.82, 2.24) is 9.97 Å². The number of aryl methyl sites for hydroxylation is 1. The fraction of sp³-hybridized carbons (Fsp3) is 0.385. The van der Waals surface area contributed by atoms with Crippen LogP contribution in [0.5, 0.6) is 0 Å². The molecular weight excluding hydrogens is 266 g/mol. The molecule has 2 rings (SSSR count). The number of thiophene rings is 1. The first kappa shape index (κ1) is 13.3. The lowest BCUT2D eigenvalue weighted by Gasteiger charge is -2.12. The van der Waals surface area contributed by atoms with E-state index >= 15 is 0 Å². The number of nitrogens with zero attached hydrogens (tertiary/aromatic N) is 2. The van der Waals surface area contributed by atoms with Gasteiger partial charge in [-0.05, 0) is 25.3 Å². The maximum atomic E-state index is 6.20. The van der Waals surface area contributed by atoms with E-state index in [1.807, 2.05) is 18.4 Å². The number of hydrogen-bond donors (Lipinski definition) is 1. The van der Waals surface area contributed by atoms with Gasteiger partial charge in [-0.3, -0.25) is 0 Å². The third kappa shape index (κ3) is 2.49. The molecule has 0 bridgehead atoms. The topological polar surface area (TPSA) is 37.8 Å². The molecule has 0 aliphatic heterocycles. The van der Waals surface area contributed by atoms with E-state index in [0.29, 0.717) is 0 Å². The van der Waals surface area contributed by atoms with E-state index in [1.54, 1.807) is 11.3 Å². The Hall–Kier alpha value is -1.13. The van der Waals surface area contributed by atoms with E-state index in [2.05, 4.69) is 29.1 Å². The Morgan fingerprint density at radius 1 is 1.33 bits per heavy atom. The normalized spacial score (nSPS) is 10.7. The van der Waals surface area contributed by atoms with Crippen molar-refractivity contribution in [3.05, 3.63) is 27.9 Å². The molecule has 1 N–H and O–H groups in total. The van der Waals surface area contributed by atoms with Crippen molar-refractivity contribution in [3.8, 4) is 10.6 Å². The van der Waals surface area contributed by atoms with Gasteiger partial charge in [0.05, 0.1) is 15.6 Å².